The molecule has 0 heterocycles. The molecule has 0 aliphatic carbocycles. The van der Waals surface area contributed by atoms with Gasteiger partial charge in [-0.05, 0) is 0 Å². The Kier molecular flexibility index (Phi) is 5.12. The molecule has 0 saturated heterocycles. The van der Waals surface area contributed by atoms with Crippen LogP contribution in [0.15, 0.2) is 0 Å². The first-order valence-electron chi connectivity index (χ1n) is 4.09. The molecule has 0 aromatic heterocycles. The van der Waals surface area contributed by atoms with E-state index >= 15 is 0 Å². The van der Waals surface area contributed by atoms with Crippen molar-refractivity contribution in [2.24, 2.45) is 0 Å². The Morgan fingerprint density at radius 1 is 0.846 bits per heavy atom. The zero-order valence-electron chi connectivity index (χ0n) is 8.95. The molecule has 5 heteroatoms. The van der Waals surface area contributed by atoms with Crippen LogP contribution in [0, 0.1) is 0 Å². The zero-order chi connectivity index (χ0) is 11.1. The molecule has 0 rings (SSSR count). The van der Waals surface area contributed by atoms with Gasteiger partial charge >= 0.3 is 101 Å². The summed E-state index contributed by atoms with van der Waals surface area (Å²) >= 11 is 5.17. The Morgan fingerprint density at radius 2 is 1.08 bits per heavy atom. The molecule has 0 aliphatic rings. The van der Waals surface area contributed by atoms with Crippen LogP contribution in [0.5, 0.6) is 0 Å². The molecule has 0 atom stereocenters. The summed E-state index contributed by atoms with van der Waals surface area (Å²) in [7, 11) is 12.3. The standard InChI is InChI=1S/C8H18ClP.2ClH.Pd/c1-7(2,3)10(9)8(4,5)6;;;/h1-6H3;2*1H;/q;;;+1/p-1. The van der Waals surface area contributed by atoms with Crippen molar-refractivity contribution in [2.75, 3.05) is 0 Å². The molecule has 0 spiro atoms. The van der Waals surface area contributed by atoms with Gasteiger partial charge in [-0.2, -0.15) is 0 Å². The van der Waals surface area contributed by atoms with Crippen molar-refractivity contribution in [3.63, 3.8) is 0 Å². The molecule has 0 aromatic carbocycles. The van der Waals surface area contributed by atoms with Crippen LogP contribution in [-0.2, 0) is 14.2 Å². The fraction of sp³-hybridized carbons (Fsp3) is 1.00. The Bertz CT molecular complexity index is 167. The van der Waals surface area contributed by atoms with E-state index in [-0.39, 0.29) is 10.3 Å². The molecule has 0 nitrogen and oxygen atoms in total. The van der Waals surface area contributed by atoms with Crippen molar-refractivity contribution in [3.8, 4) is 0 Å². The van der Waals surface area contributed by atoms with Crippen molar-refractivity contribution in [3.05, 3.63) is 0 Å². The van der Waals surface area contributed by atoms with Gasteiger partial charge < -0.3 is 0 Å². The van der Waals surface area contributed by atoms with Crippen molar-refractivity contribution >= 4 is 35.1 Å². The average molecular weight is 359 g/mol. The Labute approximate surface area is 101 Å². The van der Waals surface area contributed by atoms with Gasteiger partial charge in [-0.15, -0.1) is 0 Å². The fourth-order valence-corrected chi connectivity index (χ4v) is 22.5. The van der Waals surface area contributed by atoms with Crippen LogP contribution < -0.4 is 0 Å². The third kappa shape index (κ3) is 2.96. The van der Waals surface area contributed by atoms with Crippen molar-refractivity contribution in [1.82, 2.24) is 0 Å². The van der Waals surface area contributed by atoms with E-state index in [2.05, 4.69) is 41.5 Å². The van der Waals surface area contributed by atoms with Gasteiger partial charge in [0, 0.05) is 0 Å². The summed E-state index contributed by atoms with van der Waals surface area (Å²) in [6.45, 7) is 12.9. The fourth-order valence-electron chi connectivity index (χ4n) is 1.48. The predicted molar refractivity (Wildman–Crippen MR) is 65.4 cm³/mol. The first kappa shape index (κ1) is 15.0. The van der Waals surface area contributed by atoms with Crippen molar-refractivity contribution in [2.45, 2.75) is 51.9 Å². The summed E-state index contributed by atoms with van der Waals surface area (Å²) in [6, 6.07) is 0. The molecule has 0 radical (unpaired) electrons. The van der Waals surface area contributed by atoms with E-state index < -0.39 is 19.0 Å². The molecule has 0 bridgehead atoms. The Hall–Kier alpha value is 1.96. The van der Waals surface area contributed by atoms with Gasteiger partial charge in [0.15, 0.2) is 0 Å². The predicted octanol–water partition coefficient (Wildman–Crippen LogP) is 5.33. The van der Waals surface area contributed by atoms with Crippen LogP contribution in [0.2, 0.25) is 0 Å². The minimum atomic E-state index is -2.11. The summed E-state index contributed by atoms with van der Waals surface area (Å²) in [6.07, 6.45) is 0. The van der Waals surface area contributed by atoms with E-state index in [1.54, 1.807) is 0 Å². The van der Waals surface area contributed by atoms with Gasteiger partial charge in [-0.25, -0.2) is 0 Å². The molecule has 0 aromatic rings. The van der Waals surface area contributed by atoms with E-state index in [0.29, 0.717) is 0 Å². The molecular weight excluding hydrogens is 340 g/mol. The van der Waals surface area contributed by atoms with Crippen LogP contribution in [0.1, 0.15) is 41.5 Å². The molecule has 0 N–H and O–H groups in total. The van der Waals surface area contributed by atoms with Crippen LogP contribution >= 0.6 is 35.1 Å². The summed E-state index contributed by atoms with van der Waals surface area (Å²) in [4.78, 5) is -2.11. The number of hydrogen-bond acceptors (Lipinski definition) is 0. The van der Waals surface area contributed by atoms with Gasteiger partial charge in [0.05, 0.1) is 0 Å². The molecule has 0 aliphatic heterocycles. The van der Waals surface area contributed by atoms with E-state index in [1.165, 1.54) is 0 Å². The Balaban J connectivity index is 5.22. The zero-order valence-corrected chi connectivity index (χ0v) is 13.8. The summed E-state index contributed by atoms with van der Waals surface area (Å²) < 4.78 is 0. The van der Waals surface area contributed by atoms with Gasteiger partial charge in [0.2, 0.25) is 0 Å². The quantitative estimate of drug-likeness (QED) is 0.439. The molecule has 0 amide bonds. The van der Waals surface area contributed by atoms with Gasteiger partial charge in [0.1, 0.15) is 0 Å². The summed E-state index contributed by atoms with van der Waals surface area (Å²) in [5.74, 6) is 0. The van der Waals surface area contributed by atoms with Gasteiger partial charge in [-0.3, -0.25) is 0 Å². The third-order valence-corrected chi connectivity index (χ3v) is 29.4. The van der Waals surface area contributed by atoms with Crippen LogP contribution in [0.4, 0.5) is 0 Å². The second kappa shape index (κ2) is 4.45. The van der Waals surface area contributed by atoms with Crippen LogP contribution in [0.3, 0.4) is 0 Å². The molecule has 0 fully saturated rings. The third-order valence-electron chi connectivity index (χ3n) is 1.96. The van der Waals surface area contributed by atoms with Gasteiger partial charge in [-0.1, -0.05) is 0 Å². The van der Waals surface area contributed by atoms with Crippen molar-refractivity contribution in [1.29, 1.82) is 0 Å². The van der Waals surface area contributed by atoms with Crippen LogP contribution in [0.25, 0.3) is 0 Å². The first-order chi connectivity index (χ1) is 5.44. The van der Waals surface area contributed by atoms with E-state index in [0.717, 1.165) is 0 Å². The molecule has 13 heavy (non-hydrogen) atoms. The van der Waals surface area contributed by atoms with Crippen molar-refractivity contribution < 1.29 is 14.2 Å². The van der Waals surface area contributed by atoms with E-state index in [4.69, 9.17) is 30.3 Å². The molecule has 0 saturated carbocycles. The number of hydrogen-bond donors (Lipinski definition) is 0. The van der Waals surface area contributed by atoms with E-state index in [1.807, 2.05) is 0 Å². The second-order valence-electron chi connectivity index (χ2n) is 5.20. The number of rotatable bonds is 1. The second-order valence-corrected chi connectivity index (χ2v) is 24.3. The van der Waals surface area contributed by atoms with Crippen LogP contribution in [-0.4, -0.2) is 10.3 Å². The summed E-state index contributed by atoms with van der Waals surface area (Å²) in [5.41, 5.74) is 0. The monoisotopic (exact) mass is 357 g/mol. The maximum absolute atomic E-state index is 6.75. The SMILES string of the molecule is CC(C)(C)[PH](Cl)([Pd]([Cl])[Cl])C(C)(C)C. The maximum atomic E-state index is 6.75. The van der Waals surface area contributed by atoms with Gasteiger partial charge in [0.25, 0.3) is 0 Å². The normalized spacial score (nSPS) is 17.2. The molecule has 87 valence electrons. The minimum absolute atomic E-state index is 0.0528. The first-order valence-corrected chi connectivity index (χ1v) is 13.2. The topological polar surface area (TPSA) is 0 Å². The Morgan fingerprint density at radius 3 is 1.08 bits per heavy atom. The molecule has 0 unspecified atom stereocenters. The summed E-state index contributed by atoms with van der Waals surface area (Å²) in [5, 5.41) is 0.106. The number of halogens is 3. The molecular formula is C8H19Cl3PPd. The van der Waals surface area contributed by atoms with E-state index in [9.17, 15) is 0 Å². The average Bonchev–Trinajstić information content (AvgIpc) is 1.80.